The van der Waals surface area contributed by atoms with Crippen molar-refractivity contribution < 1.29 is 0 Å². The topological polar surface area (TPSA) is 6.48 Å². The molecule has 0 fully saturated rings. The van der Waals surface area contributed by atoms with Crippen LogP contribution in [0.4, 0.5) is 34.1 Å². The Kier molecular flexibility index (Phi) is 8.99. The number of hydrogen-bond acceptors (Lipinski definition) is 2. The number of benzene rings is 15. The Morgan fingerprint density at radius 1 is 0.153 bits per heavy atom. The number of para-hydroxylation sites is 2. The molecule has 15 aromatic carbocycles. The van der Waals surface area contributed by atoms with Gasteiger partial charge in [-0.05, 0) is 170 Å². The third-order valence-corrected chi connectivity index (χ3v) is 15.3. The first-order valence-corrected chi connectivity index (χ1v) is 24.9. The summed E-state index contributed by atoms with van der Waals surface area (Å²) in [6.45, 7) is 0. The summed E-state index contributed by atoms with van der Waals surface area (Å²) in [6.07, 6.45) is 0. The number of nitrogens with zero attached hydrogens (tertiary/aromatic N) is 2. The molecule has 0 N–H and O–H groups in total. The van der Waals surface area contributed by atoms with Crippen molar-refractivity contribution in [1.82, 2.24) is 0 Å². The van der Waals surface area contributed by atoms with E-state index in [0.717, 1.165) is 34.1 Å². The van der Waals surface area contributed by atoms with Gasteiger partial charge in [-0.25, -0.2) is 0 Å². The average molecular weight is 913 g/mol. The lowest BCUT2D eigenvalue weighted by Gasteiger charge is -2.28. The van der Waals surface area contributed by atoms with Crippen molar-refractivity contribution in [1.29, 1.82) is 0 Å². The van der Waals surface area contributed by atoms with Crippen molar-refractivity contribution in [2.24, 2.45) is 0 Å². The molecule has 0 heterocycles. The molecule has 0 aliphatic heterocycles. The van der Waals surface area contributed by atoms with Crippen LogP contribution in [0.1, 0.15) is 0 Å². The van der Waals surface area contributed by atoms with E-state index < -0.39 is 0 Å². The standard InChI is InChI=1S/C70H44N2/c1-3-21-47(22-4-1)71(69-39-45-19-7-9-25-51(45)53-27-15-17-33-61(53)69)49-35-37-59-63(41-49)55-29-11-13-31-57(55)65-44-68-60-38-36-50(42-64(60)56-30-12-14-32-58(56)66(68)43-67(59)65)72(48-23-5-2-6-24-48)70-40-46-20-8-10-26-52(46)54-28-16-18-34-62(54)70/h1-44H. The van der Waals surface area contributed by atoms with Crippen LogP contribution < -0.4 is 9.80 Å². The van der Waals surface area contributed by atoms with Crippen molar-refractivity contribution in [2.45, 2.75) is 0 Å². The fourth-order valence-corrected chi connectivity index (χ4v) is 12.1. The van der Waals surface area contributed by atoms with E-state index in [1.807, 2.05) is 0 Å². The maximum absolute atomic E-state index is 2.48. The van der Waals surface area contributed by atoms with Gasteiger partial charge in [0.2, 0.25) is 0 Å². The summed E-state index contributed by atoms with van der Waals surface area (Å²) in [6, 6.07) is 98.8. The van der Waals surface area contributed by atoms with E-state index >= 15 is 0 Å². The molecular formula is C70H44N2. The van der Waals surface area contributed by atoms with Gasteiger partial charge in [0, 0.05) is 33.5 Å². The predicted octanol–water partition coefficient (Wildman–Crippen LogP) is 20.2. The van der Waals surface area contributed by atoms with Crippen molar-refractivity contribution in [3.05, 3.63) is 267 Å². The molecule has 334 valence electrons. The molecule has 0 aromatic heterocycles. The van der Waals surface area contributed by atoms with Crippen LogP contribution in [0, 0.1) is 0 Å². The van der Waals surface area contributed by atoms with Gasteiger partial charge in [-0.3, -0.25) is 0 Å². The summed E-state index contributed by atoms with van der Waals surface area (Å²) < 4.78 is 0. The normalized spacial score (nSPS) is 11.9. The molecule has 0 aliphatic carbocycles. The summed E-state index contributed by atoms with van der Waals surface area (Å²) in [5, 5.41) is 24.9. The highest BCUT2D eigenvalue weighted by molar-refractivity contribution is 6.33. The second kappa shape index (κ2) is 16.0. The van der Waals surface area contributed by atoms with Gasteiger partial charge in [0.15, 0.2) is 0 Å². The molecule has 0 spiro atoms. The van der Waals surface area contributed by atoms with E-state index in [1.54, 1.807) is 0 Å². The van der Waals surface area contributed by atoms with E-state index in [0.29, 0.717) is 0 Å². The third-order valence-electron chi connectivity index (χ3n) is 15.3. The van der Waals surface area contributed by atoms with Crippen LogP contribution in [0.3, 0.4) is 0 Å². The van der Waals surface area contributed by atoms with Gasteiger partial charge in [0.1, 0.15) is 0 Å². The molecule has 0 bridgehead atoms. The SMILES string of the molecule is c1ccc(N(c2ccc3c(c2)c2ccccc2c2cc4c5ccc(N(c6ccccc6)c6cc7ccccc7c7ccccc67)cc5c5ccccc5c4cc32)c2cc3ccccc3c3ccccc23)cc1. The second-order valence-corrected chi connectivity index (χ2v) is 19.2. The molecule has 0 aliphatic rings. The van der Waals surface area contributed by atoms with Gasteiger partial charge in [-0.1, -0.05) is 194 Å². The number of fused-ring (bicyclic) bond motifs is 18. The van der Waals surface area contributed by atoms with Gasteiger partial charge in [0.25, 0.3) is 0 Å². The van der Waals surface area contributed by atoms with Crippen LogP contribution in [0.5, 0.6) is 0 Å². The van der Waals surface area contributed by atoms with Gasteiger partial charge >= 0.3 is 0 Å². The van der Waals surface area contributed by atoms with Crippen molar-refractivity contribution >= 4 is 142 Å². The van der Waals surface area contributed by atoms with E-state index in [1.165, 1.54) is 108 Å². The highest BCUT2D eigenvalue weighted by Crippen LogP contribution is 2.48. The minimum Gasteiger partial charge on any atom is -0.310 e. The lowest BCUT2D eigenvalue weighted by Crippen LogP contribution is -2.10. The van der Waals surface area contributed by atoms with Gasteiger partial charge in [-0.15, -0.1) is 0 Å². The van der Waals surface area contributed by atoms with Crippen LogP contribution in [0.25, 0.3) is 108 Å². The Labute approximate surface area is 416 Å². The highest BCUT2D eigenvalue weighted by Gasteiger charge is 2.22. The van der Waals surface area contributed by atoms with Crippen molar-refractivity contribution in [3.8, 4) is 0 Å². The largest absolute Gasteiger partial charge is 0.310 e. The monoisotopic (exact) mass is 912 g/mol. The number of anilines is 6. The fraction of sp³-hybridized carbons (Fsp3) is 0. The molecule has 0 unspecified atom stereocenters. The van der Waals surface area contributed by atoms with Gasteiger partial charge in [-0.2, -0.15) is 0 Å². The maximum Gasteiger partial charge on any atom is 0.0546 e. The zero-order valence-corrected chi connectivity index (χ0v) is 39.3. The third kappa shape index (κ3) is 6.16. The Balaban J connectivity index is 0.969. The zero-order valence-electron chi connectivity index (χ0n) is 39.3. The van der Waals surface area contributed by atoms with E-state index in [9.17, 15) is 0 Å². The second-order valence-electron chi connectivity index (χ2n) is 19.2. The van der Waals surface area contributed by atoms with E-state index in [-0.39, 0.29) is 0 Å². The van der Waals surface area contributed by atoms with E-state index in [2.05, 4.69) is 277 Å². The predicted molar refractivity (Wildman–Crippen MR) is 311 cm³/mol. The molecule has 0 saturated heterocycles. The van der Waals surface area contributed by atoms with Crippen LogP contribution in [-0.4, -0.2) is 0 Å². The summed E-state index contributed by atoms with van der Waals surface area (Å²) in [7, 11) is 0. The first-order chi connectivity index (χ1) is 35.7. The zero-order chi connectivity index (χ0) is 47.3. The van der Waals surface area contributed by atoms with Crippen LogP contribution in [0.15, 0.2) is 267 Å². The first kappa shape index (κ1) is 40.4. The minimum absolute atomic E-state index is 1.12. The Bertz CT molecular complexity index is 4390. The lowest BCUT2D eigenvalue weighted by molar-refractivity contribution is 1.31. The molecule has 15 rings (SSSR count). The molecular weight excluding hydrogens is 869 g/mol. The summed E-state index contributed by atoms with van der Waals surface area (Å²) >= 11 is 0. The number of rotatable bonds is 6. The van der Waals surface area contributed by atoms with Crippen molar-refractivity contribution in [3.63, 3.8) is 0 Å². The summed E-state index contributed by atoms with van der Waals surface area (Å²) in [5.74, 6) is 0. The Morgan fingerprint density at radius 2 is 0.417 bits per heavy atom. The number of hydrogen-bond donors (Lipinski definition) is 0. The molecule has 0 amide bonds. The van der Waals surface area contributed by atoms with Crippen LogP contribution in [0.2, 0.25) is 0 Å². The fourth-order valence-electron chi connectivity index (χ4n) is 12.1. The Morgan fingerprint density at radius 3 is 0.778 bits per heavy atom. The van der Waals surface area contributed by atoms with Gasteiger partial charge < -0.3 is 9.80 Å². The quantitative estimate of drug-likeness (QED) is 0.121. The lowest BCUT2D eigenvalue weighted by atomic mass is 9.88. The molecule has 0 radical (unpaired) electrons. The first-order valence-electron chi connectivity index (χ1n) is 24.9. The van der Waals surface area contributed by atoms with E-state index in [4.69, 9.17) is 0 Å². The molecule has 15 aromatic rings. The molecule has 0 saturated carbocycles. The smallest absolute Gasteiger partial charge is 0.0546 e. The summed E-state index contributed by atoms with van der Waals surface area (Å²) in [4.78, 5) is 4.89. The highest BCUT2D eigenvalue weighted by atomic mass is 15.1. The van der Waals surface area contributed by atoms with Gasteiger partial charge in [0.05, 0.1) is 11.4 Å². The van der Waals surface area contributed by atoms with Crippen LogP contribution >= 0.6 is 0 Å². The molecule has 2 nitrogen and oxygen atoms in total. The summed E-state index contributed by atoms with van der Waals surface area (Å²) in [5.41, 5.74) is 6.79. The average Bonchev–Trinajstić information content (AvgIpc) is 3.46. The maximum atomic E-state index is 2.48. The van der Waals surface area contributed by atoms with Crippen LogP contribution in [-0.2, 0) is 0 Å². The molecule has 2 heteroatoms. The Hall–Kier alpha value is -9.50. The molecule has 72 heavy (non-hydrogen) atoms. The molecule has 0 atom stereocenters. The minimum atomic E-state index is 1.12. The van der Waals surface area contributed by atoms with Crippen molar-refractivity contribution in [2.75, 3.05) is 9.80 Å².